The first-order valence-electron chi connectivity index (χ1n) is 6.05. The topological polar surface area (TPSA) is 32.7 Å². The first kappa shape index (κ1) is 11.0. The van der Waals surface area contributed by atoms with Crippen molar-refractivity contribution < 1.29 is 14.2 Å². The maximum Gasteiger partial charge on any atom is 0.125 e. The minimum Gasteiger partial charge on any atom is -0.392 e. The lowest BCUT2D eigenvalue weighted by Gasteiger charge is -2.34. The molecule has 3 rings (SSSR count). The normalized spacial score (nSPS) is 27.5. The second-order valence-corrected chi connectivity index (χ2v) is 4.84. The molecule has 0 spiro atoms. The van der Waals surface area contributed by atoms with Gasteiger partial charge in [-0.25, -0.2) is 4.39 Å². The minimum atomic E-state index is -0.287. The zero-order valence-electron chi connectivity index (χ0n) is 9.60. The summed E-state index contributed by atoms with van der Waals surface area (Å²) in [4.78, 5) is 2.16. The lowest BCUT2D eigenvalue weighted by Crippen LogP contribution is -2.42. The Kier molecular flexibility index (Phi) is 2.76. The van der Waals surface area contributed by atoms with Gasteiger partial charge >= 0.3 is 0 Å². The molecule has 2 aliphatic heterocycles. The SMILES string of the molecule is OCc1cc(F)cc(N2CC3CCC(C2)O3)c1. The Morgan fingerprint density at radius 1 is 1.24 bits per heavy atom. The Balaban J connectivity index is 1.86. The predicted octanol–water partition coefficient (Wildman–Crippen LogP) is 1.69. The van der Waals surface area contributed by atoms with Crippen LogP contribution in [-0.2, 0) is 11.3 Å². The number of rotatable bonds is 2. The van der Waals surface area contributed by atoms with E-state index in [0.717, 1.165) is 31.6 Å². The molecule has 2 unspecified atom stereocenters. The van der Waals surface area contributed by atoms with Gasteiger partial charge in [0.2, 0.25) is 0 Å². The van der Waals surface area contributed by atoms with Crippen molar-refractivity contribution >= 4 is 5.69 Å². The van der Waals surface area contributed by atoms with Crippen LogP contribution in [0.5, 0.6) is 0 Å². The fourth-order valence-corrected chi connectivity index (χ4v) is 2.73. The highest BCUT2D eigenvalue weighted by atomic mass is 19.1. The molecule has 17 heavy (non-hydrogen) atoms. The molecule has 3 nitrogen and oxygen atoms in total. The molecule has 0 aliphatic carbocycles. The average Bonchev–Trinajstić information content (AvgIpc) is 2.67. The lowest BCUT2D eigenvalue weighted by molar-refractivity contribution is 0.0304. The van der Waals surface area contributed by atoms with Crippen molar-refractivity contribution in [2.24, 2.45) is 0 Å². The highest BCUT2D eigenvalue weighted by molar-refractivity contribution is 5.50. The van der Waals surface area contributed by atoms with Crippen molar-refractivity contribution in [2.45, 2.75) is 31.7 Å². The summed E-state index contributed by atoms with van der Waals surface area (Å²) in [5.41, 5.74) is 1.48. The summed E-state index contributed by atoms with van der Waals surface area (Å²) in [6, 6.07) is 4.76. The smallest absolute Gasteiger partial charge is 0.125 e. The number of halogens is 1. The summed E-state index contributed by atoms with van der Waals surface area (Å²) in [6.45, 7) is 1.53. The van der Waals surface area contributed by atoms with Crippen LogP contribution in [0.15, 0.2) is 18.2 Å². The average molecular weight is 237 g/mol. The summed E-state index contributed by atoms with van der Waals surface area (Å²) in [6.07, 6.45) is 2.77. The molecule has 2 atom stereocenters. The summed E-state index contributed by atoms with van der Waals surface area (Å²) in [7, 11) is 0. The fourth-order valence-electron chi connectivity index (χ4n) is 2.73. The third kappa shape index (κ3) is 2.15. The Labute approximate surface area is 99.8 Å². The van der Waals surface area contributed by atoms with Crippen molar-refractivity contribution in [1.82, 2.24) is 0 Å². The quantitative estimate of drug-likeness (QED) is 0.849. The van der Waals surface area contributed by atoms with E-state index in [1.54, 1.807) is 0 Å². The second kappa shape index (κ2) is 4.27. The minimum absolute atomic E-state index is 0.123. The molecule has 0 aromatic heterocycles. The first-order chi connectivity index (χ1) is 8.24. The van der Waals surface area contributed by atoms with E-state index >= 15 is 0 Å². The number of aliphatic hydroxyl groups is 1. The van der Waals surface area contributed by atoms with Gasteiger partial charge in [0, 0.05) is 18.8 Å². The number of fused-ring (bicyclic) bond motifs is 2. The Morgan fingerprint density at radius 3 is 2.59 bits per heavy atom. The van der Waals surface area contributed by atoms with Crippen LogP contribution in [0.25, 0.3) is 0 Å². The van der Waals surface area contributed by atoms with Crippen LogP contribution >= 0.6 is 0 Å². The second-order valence-electron chi connectivity index (χ2n) is 4.84. The number of hydrogen-bond donors (Lipinski definition) is 1. The van der Waals surface area contributed by atoms with Crippen molar-refractivity contribution in [2.75, 3.05) is 18.0 Å². The number of morpholine rings is 1. The summed E-state index contributed by atoms with van der Waals surface area (Å²) >= 11 is 0. The molecular formula is C13H16FNO2. The van der Waals surface area contributed by atoms with E-state index in [-0.39, 0.29) is 24.6 Å². The molecule has 4 heteroatoms. The van der Waals surface area contributed by atoms with Crippen molar-refractivity contribution in [1.29, 1.82) is 0 Å². The zero-order valence-corrected chi connectivity index (χ0v) is 9.60. The molecule has 2 heterocycles. The zero-order chi connectivity index (χ0) is 11.8. The van der Waals surface area contributed by atoms with Gasteiger partial charge in [-0.2, -0.15) is 0 Å². The molecule has 1 aromatic carbocycles. The predicted molar refractivity (Wildman–Crippen MR) is 62.4 cm³/mol. The Morgan fingerprint density at radius 2 is 1.94 bits per heavy atom. The molecule has 2 bridgehead atoms. The fraction of sp³-hybridized carbons (Fsp3) is 0.538. The third-order valence-electron chi connectivity index (χ3n) is 3.53. The van der Waals surface area contributed by atoms with Crippen LogP contribution in [0.4, 0.5) is 10.1 Å². The number of anilines is 1. The van der Waals surface area contributed by atoms with Crippen LogP contribution in [0, 0.1) is 5.82 Å². The van der Waals surface area contributed by atoms with Gasteiger partial charge in [0.1, 0.15) is 5.82 Å². The van der Waals surface area contributed by atoms with E-state index in [1.165, 1.54) is 12.1 Å². The molecule has 1 N–H and O–H groups in total. The summed E-state index contributed by atoms with van der Waals surface area (Å²) in [5.74, 6) is -0.287. The number of nitrogens with zero attached hydrogens (tertiary/aromatic N) is 1. The van der Waals surface area contributed by atoms with Gasteiger partial charge in [0.15, 0.2) is 0 Å². The van der Waals surface area contributed by atoms with Gasteiger partial charge in [-0.3, -0.25) is 0 Å². The highest BCUT2D eigenvalue weighted by Crippen LogP contribution is 2.30. The maximum absolute atomic E-state index is 13.4. The molecule has 0 saturated carbocycles. The van der Waals surface area contributed by atoms with E-state index in [4.69, 9.17) is 9.84 Å². The van der Waals surface area contributed by atoms with Gasteiger partial charge < -0.3 is 14.7 Å². The highest BCUT2D eigenvalue weighted by Gasteiger charge is 2.33. The molecule has 0 amide bonds. The van der Waals surface area contributed by atoms with Crippen LogP contribution < -0.4 is 4.90 Å². The van der Waals surface area contributed by atoms with Crippen LogP contribution in [-0.4, -0.2) is 30.4 Å². The largest absolute Gasteiger partial charge is 0.392 e. The van der Waals surface area contributed by atoms with Crippen LogP contribution in [0.3, 0.4) is 0 Å². The van der Waals surface area contributed by atoms with Crippen LogP contribution in [0.2, 0.25) is 0 Å². The van der Waals surface area contributed by atoms with Gasteiger partial charge in [-0.15, -0.1) is 0 Å². The van der Waals surface area contributed by atoms with Crippen LogP contribution in [0.1, 0.15) is 18.4 Å². The number of benzene rings is 1. The van der Waals surface area contributed by atoms with Gasteiger partial charge in [0.25, 0.3) is 0 Å². The van der Waals surface area contributed by atoms with Gasteiger partial charge in [0.05, 0.1) is 18.8 Å². The number of hydrogen-bond acceptors (Lipinski definition) is 3. The third-order valence-corrected chi connectivity index (χ3v) is 3.53. The van der Waals surface area contributed by atoms with E-state index in [1.807, 2.05) is 6.07 Å². The Bertz CT molecular complexity index is 412. The van der Waals surface area contributed by atoms with Crippen molar-refractivity contribution in [3.8, 4) is 0 Å². The Hall–Kier alpha value is -1.13. The van der Waals surface area contributed by atoms with E-state index < -0.39 is 0 Å². The molecule has 2 saturated heterocycles. The molecular weight excluding hydrogens is 221 g/mol. The summed E-state index contributed by atoms with van der Waals surface area (Å²) < 4.78 is 19.2. The van der Waals surface area contributed by atoms with Gasteiger partial charge in [-0.05, 0) is 36.6 Å². The van der Waals surface area contributed by atoms with Crippen molar-refractivity contribution in [3.63, 3.8) is 0 Å². The number of ether oxygens (including phenoxy) is 1. The monoisotopic (exact) mass is 237 g/mol. The molecule has 0 radical (unpaired) electrons. The summed E-state index contributed by atoms with van der Waals surface area (Å²) in [5, 5.41) is 9.09. The standard InChI is InChI=1S/C13H16FNO2/c14-10-3-9(8-16)4-11(5-10)15-6-12-1-2-13(7-15)17-12/h3-5,12-13,16H,1-2,6-8H2. The molecule has 2 fully saturated rings. The maximum atomic E-state index is 13.4. The van der Waals surface area contributed by atoms with Gasteiger partial charge in [-0.1, -0.05) is 0 Å². The molecule has 2 aliphatic rings. The molecule has 1 aromatic rings. The lowest BCUT2D eigenvalue weighted by atomic mass is 10.1. The number of aliphatic hydroxyl groups excluding tert-OH is 1. The van der Waals surface area contributed by atoms with Crippen molar-refractivity contribution in [3.05, 3.63) is 29.6 Å². The van der Waals surface area contributed by atoms with E-state index in [0.29, 0.717) is 5.56 Å². The van der Waals surface area contributed by atoms with E-state index in [2.05, 4.69) is 4.90 Å². The van der Waals surface area contributed by atoms with E-state index in [9.17, 15) is 4.39 Å². The first-order valence-corrected chi connectivity index (χ1v) is 6.05. The molecule has 92 valence electrons.